The first kappa shape index (κ1) is 18.4. The zero-order chi connectivity index (χ0) is 18.5. The SMILES string of the molecule is CCOc1cc(C#N)cc(Br)c1OCc1nnc(-c2ccc(Br)cc2)o1. The van der Waals surface area contributed by atoms with Crippen molar-refractivity contribution >= 4 is 31.9 Å². The van der Waals surface area contributed by atoms with Crippen LogP contribution in [0.3, 0.4) is 0 Å². The second kappa shape index (κ2) is 8.34. The van der Waals surface area contributed by atoms with Gasteiger partial charge in [-0.15, -0.1) is 10.2 Å². The molecule has 0 saturated carbocycles. The van der Waals surface area contributed by atoms with Gasteiger partial charge in [-0.2, -0.15) is 5.26 Å². The van der Waals surface area contributed by atoms with Crippen LogP contribution in [0.4, 0.5) is 0 Å². The molecular formula is C18H13Br2N3O3. The molecule has 0 fully saturated rings. The highest BCUT2D eigenvalue weighted by Gasteiger charge is 2.15. The van der Waals surface area contributed by atoms with E-state index in [4.69, 9.17) is 19.2 Å². The highest BCUT2D eigenvalue weighted by atomic mass is 79.9. The van der Waals surface area contributed by atoms with Gasteiger partial charge < -0.3 is 13.9 Å². The minimum atomic E-state index is 0.0775. The number of aromatic nitrogens is 2. The molecule has 0 aliphatic rings. The topological polar surface area (TPSA) is 81.2 Å². The number of ether oxygens (including phenoxy) is 2. The lowest BCUT2D eigenvalue weighted by molar-refractivity contribution is 0.241. The van der Waals surface area contributed by atoms with E-state index in [-0.39, 0.29) is 6.61 Å². The minimum absolute atomic E-state index is 0.0775. The smallest absolute Gasteiger partial charge is 0.254 e. The van der Waals surface area contributed by atoms with Crippen LogP contribution in [0.2, 0.25) is 0 Å². The monoisotopic (exact) mass is 477 g/mol. The van der Waals surface area contributed by atoms with Gasteiger partial charge in [-0.3, -0.25) is 0 Å². The maximum absolute atomic E-state index is 9.08. The van der Waals surface area contributed by atoms with E-state index in [1.807, 2.05) is 31.2 Å². The van der Waals surface area contributed by atoms with Crippen molar-refractivity contribution in [1.82, 2.24) is 10.2 Å². The molecule has 0 amide bonds. The molecule has 6 nitrogen and oxygen atoms in total. The zero-order valence-electron chi connectivity index (χ0n) is 13.7. The summed E-state index contributed by atoms with van der Waals surface area (Å²) in [7, 11) is 0. The maximum Gasteiger partial charge on any atom is 0.254 e. The van der Waals surface area contributed by atoms with Crippen LogP contribution >= 0.6 is 31.9 Å². The molecule has 0 unspecified atom stereocenters. The molecule has 0 atom stereocenters. The van der Waals surface area contributed by atoms with Crippen LogP contribution in [0.1, 0.15) is 18.4 Å². The first-order valence-corrected chi connectivity index (χ1v) is 9.27. The van der Waals surface area contributed by atoms with Crippen LogP contribution in [-0.4, -0.2) is 16.8 Å². The molecule has 0 aliphatic heterocycles. The molecule has 1 heterocycles. The highest BCUT2D eigenvalue weighted by molar-refractivity contribution is 9.10. The highest BCUT2D eigenvalue weighted by Crippen LogP contribution is 2.37. The molecule has 0 N–H and O–H groups in total. The number of hydrogen-bond donors (Lipinski definition) is 0. The van der Waals surface area contributed by atoms with Crippen molar-refractivity contribution in [3.05, 3.63) is 56.8 Å². The number of hydrogen-bond acceptors (Lipinski definition) is 6. The van der Waals surface area contributed by atoms with Gasteiger partial charge in [-0.25, -0.2) is 0 Å². The van der Waals surface area contributed by atoms with Crippen molar-refractivity contribution in [2.75, 3.05) is 6.61 Å². The Bertz CT molecular complexity index is 949. The molecule has 0 radical (unpaired) electrons. The maximum atomic E-state index is 9.08. The molecule has 132 valence electrons. The number of halogens is 2. The lowest BCUT2D eigenvalue weighted by Gasteiger charge is -2.12. The molecule has 2 aromatic carbocycles. The molecule has 26 heavy (non-hydrogen) atoms. The molecule has 0 saturated heterocycles. The van der Waals surface area contributed by atoms with Gasteiger partial charge in [0.25, 0.3) is 5.89 Å². The van der Waals surface area contributed by atoms with Gasteiger partial charge in [0.2, 0.25) is 5.89 Å². The van der Waals surface area contributed by atoms with Crippen molar-refractivity contribution in [2.45, 2.75) is 13.5 Å². The third kappa shape index (κ3) is 4.23. The van der Waals surface area contributed by atoms with Crippen LogP contribution in [-0.2, 0) is 6.61 Å². The fourth-order valence-electron chi connectivity index (χ4n) is 2.19. The Morgan fingerprint density at radius 1 is 1.12 bits per heavy atom. The summed E-state index contributed by atoms with van der Waals surface area (Å²) < 4.78 is 18.6. The predicted octanol–water partition coefficient (Wildman–Crippen LogP) is 5.11. The van der Waals surface area contributed by atoms with E-state index >= 15 is 0 Å². The Labute approximate surface area is 167 Å². The summed E-state index contributed by atoms with van der Waals surface area (Å²) in [5, 5.41) is 17.1. The van der Waals surface area contributed by atoms with Crippen molar-refractivity contribution < 1.29 is 13.9 Å². The molecular weight excluding hydrogens is 466 g/mol. The standard InChI is InChI=1S/C18H13Br2N3O3/c1-2-24-15-8-11(9-21)7-14(20)17(15)25-10-16-22-23-18(26-16)12-3-5-13(19)6-4-12/h3-8H,2,10H2,1H3. The number of nitriles is 1. The van der Waals surface area contributed by atoms with Gasteiger partial charge in [-0.05, 0) is 53.2 Å². The average Bonchev–Trinajstić information content (AvgIpc) is 3.10. The van der Waals surface area contributed by atoms with Gasteiger partial charge in [0.15, 0.2) is 18.1 Å². The predicted molar refractivity (Wildman–Crippen MR) is 102 cm³/mol. The van der Waals surface area contributed by atoms with Crippen molar-refractivity contribution in [3.63, 3.8) is 0 Å². The summed E-state index contributed by atoms with van der Waals surface area (Å²) in [5.41, 5.74) is 1.30. The van der Waals surface area contributed by atoms with Crippen molar-refractivity contribution in [2.24, 2.45) is 0 Å². The summed E-state index contributed by atoms with van der Waals surface area (Å²) in [6, 6.07) is 12.9. The normalized spacial score (nSPS) is 10.4. The fraction of sp³-hybridized carbons (Fsp3) is 0.167. The summed E-state index contributed by atoms with van der Waals surface area (Å²) in [4.78, 5) is 0. The number of nitrogens with zero attached hydrogens (tertiary/aromatic N) is 3. The summed E-state index contributed by atoms with van der Waals surface area (Å²) in [6.07, 6.45) is 0. The first-order valence-electron chi connectivity index (χ1n) is 7.68. The lowest BCUT2D eigenvalue weighted by atomic mass is 10.2. The van der Waals surface area contributed by atoms with Gasteiger partial charge >= 0.3 is 0 Å². The Kier molecular flexibility index (Phi) is 5.91. The van der Waals surface area contributed by atoms with Gasteiger partial charge in [-0.1, -0.05) is 15.9 Å². The van der Waals surface area contributed by atoms with E-state index in [9.17, 15) is 0 Å². The van der Waals surface area contributed by atoms with E-state index in [2.05, 4.69) is 48.1 Å². The largest absolute Gasteiger partial charge is 0.490 e. The molecule has 0 aliphatic carbocycles. The van der Waals surface area contributed by atoms with E-state index in [0.717, 1.165) is 10.0 Å². The average molecular weight is 479 g/mol. The van der Waals surface area contributed by atoms with Gasteiger partial charge in [0.05, 0.1) is 22.7 Å². The molecule has 8 heteroatoms. The van der Waals surface area contributed by atoms with Crippen LogP contribution in [0.15, 0.2) is 49.8 Å². The van der Waals surface area contributed by atoms with Gasteiger partial charge in [0.1, 0.15) is 0 Å². The quantitative estimate of drug-likeness (QED) is 0.489. The van der Waals surface area contributed by atoms with Crippen molar-refractivity contribution in [3.8, 4) is 29.0 Å². The summed E-state index contributed by atoms with van der Waals surface area (Å²) in [6.45, 7) is 2.39. The van der Waals surface area contributed by atoms with Crippen LogP contribution < -0.4 is 9.47 Å². The van der Waals surface area contributed by atoms with Crippen LogP contribution in [0.25, 0.3) is 11.5 Å². The molecule has 0 spiro atoms. The Morgan fingerprint density at radius 3 is 2.58 bits per heavy atom. The van der Waals surface area contributed by atoms with E-state index in [0.29, 0.717) is 39.9 Å². The second-order valence-electron chi connectivity index (χ2n) is 5.13. The molecule has 1 aromatic heterocycles. The van der Waals surface area contributed by atoms with Crippen LogP contribution in [0.5, 0.6) is 11.5 Å². The minimum Gasteiger partial charge on any atom is -0.490 e. The zero-order valence-corrected chi connectivity index (χ0v) is 16.9. The third-order valence-corrected chi connectivity index (χ3v) is 4.45. The van der Waals surface area contributed by atoms with Crippen molar-refractivity contribution in [1.29, 1.82) is 5.26 Å². The first-order chi connectivity index (χ1) is 12.6. The Balaban J connectivity index is 1.77. The van der Waals surface area contributed by atoms with Gasteiger partial charge in [0, 0.05) is 16.1 Å². The third-order valence-electron chi connectivity index (χ3n) is 3.34. The molecule has 3 aromatic rings. The summed E-state index contributed by atoms with van der Waals surface area (Å²) >= 11 is 6.79. The van der Waals surface area contributed by atoms with E-state index in [1.54, 1.807) is 12.1 Å². The molecule has 0 bridgehead atoms. The Morgan fingerprint density at radius 2 is 1.88 bits per heavy atom. The number of rotatable bonds is 6. The van der Waals surface area contributed by atoms with E-state index < -0.39 is 0 Å². The van der Waals surface area contributed by atoms with E-state index in [1.165, 1.54) is 0 Å². The fourth-order valence-corrected chi connectivity index (χ4v) is 3.01. The molecule has 3 rings (SSSR count). The van der Waals surface area contributed by atoms with Crippen LogP contribution in [0, 0.1) is 11.3 Å². The summed E-state index contributed by atoms with van der Waals surface area (Å²) in [5.74, 6) is 1.71. The second-order valence-corrected chi connectivity index (χ2v) is 6.90. The number of benzene rings is 2. The Hall–Kier alpha value is -2.37. The lowest BCUT2D eigenvalue weighted by Crippen LogP contribution is -2.01.